The Morgan fingerprint density at radius 3 is 2.42 bits per heavy atom. The Bertz CT molecular complexity index is 856. The van der Waals surface area contributed by atoms with E-state index in [4.69, 9.17) is 10.5 Å². The summed E-state index contributed by atoms with van der Waals surface area (Å²) in [6.07, 6.45) is 0.512. The summed E-state index contributed by atoms with van der Waals surface area (Å²) in [4.78, 5) is 10.3. The number of nitrogens with zero attached hydrogens (tertiary/aromatic N) is 2. The molecular weight excluding hydrogens is 358 g/mol. The van der Waals surface area contributed by atoms with Crippen LogP contribution in [-0.2, 0) is 16.4 Å². The fourth-order valence-electron chi connectivity index (χ4n) is 2.52. The molecule has 0 fully saturated rings. The van der Waals surface area contributed by atoms with Crippen LogP contribution in [0.1, 0.15) is 5.56 Å². The van der Waals surface area contributed by atoms with Crippen molar-refractivity contribution in [2.75, 3.05) is 26.7 Å². The molecule has 0 aliphatic carbocycles. The topological polar surface area (TPSA) is 116 Å². The second kappa shape index (κ2) is 8.75. The third-order valence-corrected chi connectivity index (χ3v) is 5.75. The van der Waals surface area contributed by atoms with Gasteiger partial charge in [-0.1, -0.05) is 30.3 Å². The minimum Gasteiger partial charge on any atom is -0.490 e. The van der Waals surface area contributed by atoms with Gasteiger partial charge in [-0.05, 0) is 24.1 Å². The van der Waals surface area contributed by atoms with Crippen molar-refractivity contribution >= 4 is 15.7 Å². The highest BCUT2D eigenvalue weighted by atomic mass is 32.2. The number of hydrogen-bond acceptors (Lipinski definition) is 6. The molecule has 2 aromatic rings. The number of hydrogen-bond donors (Lipinski definition) is 1. The summed E-state index contributed by atoms with van der Waals surface area (Å²) in [5, 5.41) is 11.2. The summed E-state index contributed by atoms with van der Waals surface area (Å²) in [6, 6.07) is 13.1. The van der Waals surface area contributed by atoms with Crippen LogP contribution in [0.3, 0.4) is 0 Å². The van der Waals surface area contributed by atoms with Gasteiger partial charge >= 0.3 is 5.69 Å². The highest BCUT2D eigenvalue weighted by Crippen LogP contribution is 2.30. The van der Waals surface area contributed by atoms with Gasteiger partial charge in [-0.2, -0.15) is 4.31 Å². The Morgan fingerprint density at radius 1 is 1.15 bits per heavy atom. The number of nitro benzene ring substituents is 1. The van der Waals surface area contributed by atoms with E-state index in [1.54, 1.807) is 0 Å². The number of ether oxygens (including phenoxy) is 1. The number of rotatable bonds is 9. The molecule has 0 saturated heterocycles. The molecule has 0 unspecified atom stereocenters. The van der Waals surface area contributed by atoms with E-state index >= 15 is 0 Å². The van der Waals surface area contributed by atoms with Crippen LogP contribution in [0.25, 0.3) is 0 Å². The monoisotopic (exact) mass is 379 g/mol. The van der Waals surface area contributed by atoms with Crippen LogP contribution in [0.2, 0.25) is 0 Å². The van der Waals surface area contributed by atoms with Crippen molar-refractivity contribution in [3.63, 3.8) is 0 Å². The first-order chi connectivity index (χ1) is 12.4. The standard InChI is InChI=1S/C17H21N3O5S/c1-25-17-8-7-15(13-16(17)20(21)22)26(23,24)19(12-10-18)11-9-14-5-3-2-4-6-14/h2-8,13H,9-12,18H2,1H3. The molecule has 0 spiro atoms. The van der Waals surface area contributed by atoms with Crippen LogP contribution in [-0.4, -0.2) is 44.4 Å². The van der Waals surface area contributed by atoms with E-state index in [0.29, 0.717) is 6.42 Å². The van der Waals surface area contributed by atoms with Gasteiger partial charge in [0.25, 0.3) is 0 Å². The predicted molar refractivity (Wildman–Crippen MR) is 97.6 cm³/mol. The Kier molecular flexibility index (Phi) is 6.67. The smallest absolute Gasteiger partial charge is 0.312 e. The van der Waals surface area contributed by atoms with Crippen LogP contribution in [0.15, 0.2) is 53.4 Å². The lowest BCUT2D eigenvalue weighted by Crippen LogP contribution is -2.37. The van der Waals surface area contributed by atoms with E-state index in [0.717, 1.165) is 11.6 Å². The average Bonchev–Trinajstić information content (AvgIpc) is 2.65. The van der Waals surface area contributed by atoms with Crippen molar-refractivity contribution < 1.29 is 18.1 Å². The summed E-state index contributed by atoms with van der Waals surface area (Å²) in [5.74, 6) is 0.00334. The number of nitro groups is 1. The van der Waals surface area contributed by atoms with Gasteiger partial charge in [-0.15, -0.1) is 0 Å². The minimum absolute atomic E-state index is 0.00334. The van der Waals surface area contributed by atoms with Crippen LogP contribution in [0.4, 0.5) is 5.69 Å². The molecule has 0 aliphatic rings. The van der Waals surface area contributed by atoms with Crippen LogP contribution >= 0.6 is 0 Å². The lowest BCUT2D eigenvalue weighted by molar-refractivity contribution is -0.386. The molecule has 0 radical (unpaired) electrons. The van der Waals surface area contributed by atoms with Crippen LogP contribution in [0, 0.1) is 10.1 Å². The zero-order chi connectivity index (χ0) is 19.2. The molecule has 2 N–H and O–H groups in total. The SMILES string of the molecule is COc1ccc(S(=O)(=O)N(CCN)CCc2ccccc2)cc1[N+](=O)[O-]. The Labute approximate surface area is 152 Å². The summed E-state index contributed by atoms with van der Waals surface area (Å²) in [7, 11) is -2.63. The molecule has 2 aromatic carbocycles. The van der Waals surface area contributed by atoms with E-state index < -0.39 is 20.6 Å². The maximum absolute atomic E-state index is 12.9. The van der Waals surface area contributed by atoms with Gasteiger partial charge in [0.15, 0.2) is 5.75 Å². The Balaban J connectivity index is 2.31. The summed E-state index contributed by atoms with van der Waals surface area (Å²) in [6.45, 7) is 0.491. The first kappa shape index (κ1) is 19.8. The van der Waals surface area contributed by atoms with Crippen molar-refractivity contribution in [1.29, 1.82) is 0 Å². The van der Waals surface area contributed by atoms with Crippen molar-refractivity contribution in [3.05, 3.63) is 64.2 Å². The zero-order valence-electron chi connectivity index (χ0n) is 14.4. The van der Waals surface area contributed by atoms with Gasteiger partial charge in [0, 0.05) is 25.7 Å². The molecular formula is C17H21N3O5S. The van der Waals surface area contributed by atoms with E-state index in [9.17, 15) is 18.5 Å². The highest BCUT2D eigenvalue weighted by molar-refractivity contribution is 7.89. The van der Waals surface area contributed by atoms with Crippen LogP contribution < -0.4 is 10.5 Å². The number of methoxy groups -OCH3 is 1. The molecule has 8 nitrogen and oxygen atoms in total. The Morgan fingerprint density at radius 2 is 1.85 bits per heavy atom. The minimum atomic E-state index is -3.92. The molecule has 0 aromatic heterocycles. The molecule has 26 heavy (non-hydrogen) atoms. The van der Waals surface area contributed by atoms with Gasteiger partial charge < -0.3 is 10.5 Å². The summed E-state index contributed by atoms with van der Waals surface area (Å²) < 4.78 is 32.0. The van der Waals surface area contributed by atoms with Gasteiger partial charge in [-0.25, -0.2) is 8.42 Å². The van der Waals surface area contributed by atoms with Gasteiger partial charge in [0.2, 0.25) is 10.0 Å². The fraction of sp³-hybridized carbons (Fsp3) is 0.294. The Hall–Kier alpha value is -2.49. The van der Waals surface area contributed by atoms with E-state index in [2.05, 4.69) is 0 Å². The second-order valence-electron chi connectivity index (χ2n) is 5.52. The zero-order valence-corrected chi connectivity index (χ0v) is 15.2. The number of nitrogens with two attached hydrogens (primary N) is 1. The maximum Gasteiger partial charge on any atom is 0.312 e. The molecule has 0 bridgehead atoms. The first-order valence-electron chi connectivity index (χ1n) is 7.96. The fourth-order valence-corrected chi connectivity index (χ4v) is 3.99. The van der Waals surface area contributed by atoms with Gasteiger partial charge in [0.1, 0.15) is 0 Å². The molecule has 0 saturated carbocycles. The lowest BCUT2D eigenvalue weighted by atomic mass is 10.1. The number of benzene rings is 2. The normalized spacial score (nSPS) is 11.5. The second-order valence-corrected chi connectivity index (χ2v) is 7.46. The molecule has 0 amide bonds. The molecule has 0 atom stereocenters. The first-order valence-corrected chi connectivity index (χ1v) is 9.40. The van der Waals surface area contributed by atoms with Crippen molar-refractivity contribution in [1.82, 2.24) is 4.31 Å². The number of sulfonamides is 1. The molecule has 0 heterocycles. The van der Waals surface area contributed by atoms with Gasteiger partial charge in [0.05, 0.1) is 16.9 Å². The van der Waals surface area contributed by atoms with Crippen molar-refractivity contribution in [2.24, 2.45) is 5.73 Å². The maximum atomic E-state index is 12.9. The van der Waals surface area contributed by atoms with Crippen LogP contribution in [0.5, 0.6) is 5.75 Å². The lowest BCUT2D eigenvalue weighted by Gasteiger charge is -2.21. The summed E-state index contributed by atoms with van der Waals surface area (Å²) >= 11 is 0. The van der Waals surface area contributed by atoms with E-state index in [1.165, 1.54) is 23.5 Å². The quantitative estimate of drug-likeness (QED) is 0.524. The molecule has 140 valence electrons. The third-order valence-electron chi connectivity index (χ3n) is 3.86. The van der Waals surface area contributed by atoms with E-state index in [-0.39, 0.29) is 30.3 Å². The molecule has 0 aliphatic heterocycles. The van der Waals surface area contributed by atoms with Crippen molar-refractivity contribution in [3.8, 4) is 5.75 Å². The average molecular weight is 379 g/mol. The highest BCUT2D eigenvalue weighted by Gasteiger charge is 2.27. The van der Waals surface area contributed by atoms with Gasteiger partial charge in [-0.3, -0.25) is 10.1 Å². The molecule has 9 heteroatoms. The third kappa shape index (κ3) is 4.57. The van der Waals surface area contributed by atoms with E-state index in [1.807, 2.05) is 30.3 Å². The predicted octanol–water partition coefficient (Wildman–Crippen LogP) is 1.80. The largest absolute Gasteiger partial charge is 0.490 e. The van der Waals surface area contributed by atoms with Crippen molar-refractivity contribution in [2.45, 2.75) is 11.3 Å². The molecule has 2 rings (SSSR count). The summed E-state index contributed by atoms with van der Waals surface area (Å²) in [5.41, 5.74) is 6.15.